The molecule has 0 bridgehead atoms. The maximum atomic E-state index is 12.3. The lowest BCUT2D eigenvalue weighted by atomic mass is 10.2. The summed E-state index contributed by atoms with van der Waals surface area (Å²) in [6.07, 6.45) is 0. The summed E-state index contributed by atoms with van der Waals surface area (Å²) in [7, 11) is 0. The number of carbonyl (C=O) groups excluding carboxylic acids is 1. The van der Waals surface area contributed by atoms with Gasteiger partial charge in [0.05, 0.1) is 6.54 Å². The number of amides is 1. The molecule has 6 heteroatoms. The van der Waals surface area contributed by atoms with Gasteiger partial charge in [0.2, 0.25) is 0 Å². The third-order valence-corrected chi connectivity index (χ3v) is 5.72. The highest BCUT2D eigenvalue weighted by molar-refractivity contribution is 7.09. The number of nitrogens with zero attached hydrogens (tertiary/aromatic N) is 3. The van der Waals surface area contributed by atoms with Gasteiger partial charge >= 0.3 is 0 Å². The Morgan fingerprint density at radius 1 is 0.893 bits per heavy atom. The highest BCUT2D eigenvalue weighted by Crippen LogP contribution is 2.16. The average Bonchev–Trinajstić information content (AvgIpc) is 3.20. The fourth-order valence-electron chi connectivity index (χ4n) is 3.34. The molecule has 0 aliphatic carbocycles. The van der Waals surface area contributed by atoms with Gasteiger partial charge in [-0.05, 0) is 17.7 Å². The van der Waals surface area contributed by atoms with E-state index in [-0.39, 0.29) is 5.91 Å². The number of aromatic nitrogens is 1. The van der Waals surface area contributed by atoms with Gasteiger partial charge in [0.15, 0.2) is 0 Å². The second kappa shape index (κ2) is 9.10. The summed E-state index contributed by atoms with van der Waals surface area (Å²) in [4.78, 5) is 21.8. The van der Waals surface area contributed by atoms with Gasteiger partial charge in [-0.2, -0.15) is 0 Å². The van der Waals surface area contributed by atoms with Crippen molar-refractivity contribution in [1.29, 1.82) is 0 Å². The van der Waals surface area contributed by atoms with E-state index in [1.165, 1.54) is 5.56 Å². The molecule has 2 heterocycles. The van der Waals surface area contributed by atoms with Gasteiger partial charge in [-0.1, -0.05) is 48.5 Å². The Kier molecular flexibility index (Phi) is 6.11. The second-order valence-corrected chi connectivity index (χ2v) is 7.93. The number of carbonyl (C=O) groups is 1. The van der Waals surface area contributed by atoms with Crippen molar-refractivity contribution >= 4 is 22.9 Å². The summed E-state index contributed by atoms with van der Waals surface area (Å²) in [6, 6.07) is 20.1. The molecule has 1 aromatic heterocycles. The number of thiazole rings is 1. The largest absolute Gasteiger partial charge is 0.321 e. The average molecular weight is 393 g/mol. The minimum atomic E-state index is -0.151. The van der Waals surface area contributed by atoms with Crippen LogP contribution in [0.15, 0.2) is 66.0 Å². The Balaban J connectivity index is 1.26. The summed E-state index contributed by atoms with van der Waals surface area (Å²) in [5, 5.41) is 5.73. The lowest BCUT2D eigenvalue weighted by Crippen LogP contribution is -2.45. The van der Waals surface area contributed by atoms with Crippen LogP contribution in [0.3, 0.4) is 0 Å². The second-order valence-electron chi connectivity index (χ2n) is 6.98. The van der Waals surface area contributed by atoms with Gasteiger partial charge in [-0.3, -0.25) is 14.6 Å². The first kappa shape index (κ1) is 18.8. The van der Waals surface area contributed by atoms with Crippen LogP contribution in [0.4, 0.5) is 5.69 Å². The van der Waals surface area contributed by atoms with Crippen LogP contribution >= 0.6 is 11.3 Å². The minimum absolute atomic E-state index is 0.151. The van der Waals surface area contributed by atoms with E-state index in [1.54, 1.807) is 11.3 Å². The molecule has 0 atom stereocenters. The van der Waals surface area contributed by atoms with Crippen molar-refractivity contribution in [2.24, 2.45) is 0 Å². The molecule has 1 saturated heterocycles. The number of anilines is 1. The van der Waals surface area contributed by atoms with Crippen LogP contribution in [0.1, 0.15) is 21.1 Å². The Bertz CT molecular complexity index is 889. The maximum Gasteiger partial charge on any atom is 0.275 e. The van der Waals surface area contributed by atoms with Gasteiger partial charge in [0.1, 0.15) is 10.7 Å². The minimum Gasteiger partial charge on any atom is -0.321 e. The van der Waals surface area contributed by atoms with Crippen LogP contribution in [0, 0.1) is 0 Å². The molecule has 144 valence electrons. The Morgan fingerprint density at radius 3 is 2.18 bits per heavy atom. The normalized spacial score (nSPS) is 15.4. The molecule has 0 spiro atoms. The van der Waals surface area contributed by atoms with Crippen molar-refractivity contribution in [3.05, 3.63) is 82.3 Å². The quantitative estimate of drug-likeness (QED) is 0.695. The zero-order valence-corrected chi connectivity index (χ0v) is 16.6. The summed E-state index contributed by atoms with van der Waals surface area (Å²) in [5.74, 6) is -0.151. The fourth-order valence-corrected chi connectivity index (χ4v) is 4.16. The van der Waals surface area contributed by atoms with Crippen molar-refractivity contribution in [3.8, 4) is 0 Å². The smallest absolute Gasteiger partial charge is 0.275 e. The molecule has 28 heavy (non-hydrogen) atoms. The number of rotatable bonds is 6. The van der Waals surface area contributed by atoms with E-state index in [0.29, 0.717) is 5.69 Å². The summed E-state index contributed by atoms with van der Waals surface area (Å²) < 4.78 is 0. The van der Waals surface area contributed by atoms with Crippen molar-refractivity contribution in [3.63, 3.8) is 0 Å². The van der Waals surface area contributed by atoms with Crippen LogP contribution in [0.5, 0.6) is 0 Å². The lowest BCUT2D eigenvalue weighted by molar-refractivity contribution is 0.102. The molecule has 1 amide bonds. The van der Waals surface area contributed by atoms with Gasteiger partial charge in [0.25, 0.3) is 5.91 Å². The van der Waals surface area contributed by atoms with E-state index < -0.39 is 0 Å². The zero-order valence-electron chi connectivity index (χ0n) is 15.8. The van der Waals surface area contributed by atoms with E-state index in [9.17, 15) is 4.79 Å². The fraction of sp³-hybridized carbons (Fsp3) is 0.273. The molecule has 4 rings (SSSR count). The third kappa shape index (κ3) is 5.04. The van der Waals surface area contributed by atoms with Gasteiger partial charge in [-0.15, -0.1) is 11.3 Å². The molecule has 5 nitrogen and oxygen atoms in total. The van der Waals surface area contributed by atoms with Gasteiger partial charge in [-0.25, -0.2) is 4.98 Å². The van der Waals surface area contributed by atoms with Gasteiger partial charge < -0.3 is 5.32 Å². The van der Waals surface area contributed by atoms with Crippen molar-refractivity contribution in [2.45, 2.75) is 13.1 Å². The van der Waals surface area contributed by atoms with E-state index >= 15 is 0 Å². The topological polar surface area (TPSA) is 48.5 Å². The molecular weight excluding hydrogens is 368 g/mol. The number of benzene rings is 2. The predicted octanol–water partition coefficient (Wildman–Crippen LogP) is 3.71. The van der Waals surface area contributed by atoms with Crippen molar-refractivity contribution in [1.82, 2.24) is 14.8 Å². The Labute approximate surface area is 169 Å². The summed E-state index contributed by atoms with van der Waals surface area (Å²) in [5.41, 5.74) is 2.65. The van der Waals surface area contributed by atoms with Gasteiger partial charge in [0, 0.05) is 43.8 Å². The number of nitrogens with one attached hydrogen (secondary N) is 1. The number of piperazine rings is 1. The van der Waals surface area contributed by atoms with E-state index in [4.69, 9.17) is 0 Å². The maximum absolute atomic E-state index is 12.3. The van der Waals surface area contributed by atoms with E-state index in [0.717, 1.165) is 50.0 Å². The van der Waals surface area contributed by atoms with Crippen molar-refractivity contribution in [2.75, 3.05) is 31.5 Å². The van der Waals surface area contributed by atoms with Crippen LogP contribution in [-0.2, 0) is 13.1 Å². The highest BCUT2D eigenvalue weighted by Gasteiger charge is 2.19. The first-order valence-electron chi connectivity index (χ1n) is 9.56. The molecule has 0 unspecified atom stereocenters. The molecule has 0 radical (unpaired) electrons. The SMILES string of the molecule is O=C(Nc1ccccc1)c1csc(CN2CCN(Cc3ccccc3)CC2)n1. The Morgan fingerprint density at radius 2 is 1.50 bits per heavy atom. The Hall–Kier alpha value is -2.54. The number of hydrogen-bond acceptors (Lipinski definition) is 5. The standard InChI is InChI=1S/C22H24N4OS/c27-22(23-19-9-5-2-6-10-19)20-17-28-21(24-20)16-26-13-11-25(12-14-26)15-18-7-3-1-4-8-18/h1-10,17H,11-16H2,(H,23,27). The zero-order chi connectivity index (χ0) is 19.2. The first-order valence-corrected chi connectivity index (χ1v) is 10.4. The van der Waals surface area contributed by atoms with Crippen LogP contribution < -0.4 is 5.32 Å². The number of hydrogen-bond donors (Lipinski definition) is 1. The third-order valence-electron chi connectivity index (χ3n) is 4.89. The lowest BCUT2D eigenvalue weighted by Gasteiger charge is -2.34. The summed E-state index contributed by atoms with van der Waals surface area (Å²) in [6.45, 7) is 5.98. The molecule has 0 saturated carbocycles. The molecule has 1 aliphatic heterocycles. The number of para-hydroxylation sites is 1. The monoisotopic (exact) mass is 392 g/mol. The molecular formula is C22H24N4OS. The summed E-state index contributed by atoms with van der Waals surface area (Å²) >= 11 is 1.56. The predicted molar refractivity (Wildman–Crippen MR) is 114 cm³/mol. The molecule has 1 N–H and O–H groups in total. The van der Waals surface area contributed by atoms with Crippen LogP contribution in [-0.4, -0.2) is 46.9 Å². The molecule has 2 aromatic carbocycles. The van der Waals surface area contributed by atoms with Crippen LogP contribution in [0.2, 0.25) is 0 Å². The van der Waals surface area contributed by atoms with E-state index in [1.807, 2.05) is 35.7 Å². The van der Waals surface area contributed by atoms with Crippen molar-refractivity contribution < 1.29 is 4.79 Å². The van der Waals surface area contributed by atoms with E-state index in [2.05, 4.69) is 50.4 Å². The highest BCUT2D eigenvalue weighted by atomic mass is 32.1. The van der Waals surface area contributed by atoms with Crippen LogP contribution in [0.25, 0.3) is 0 Å². The molecule has 1 aliphatic rings. The molecule has 3 aromatic rings. The molecule has 1 fully saturated rings. The first-order chi connectivity index (χ1) is 13.8.